The molecule has 0 aliphatic heterocycles. The van der Waals surface area contributed by atoms with Crippen LogP contribution in [0.15, 0.2) is 170 Å². The summed E-state index contributed by atoms with van der Waals surface area (Å²) in [6.45, 7) is 0. The van der Waals surface area contributed by atoms with Gasteiger partial charge in [-0.1, -0.05) is 146 Å². The third-order valence-corrected chi connectivity index (χ3v) is 11.4. The Balaban J connectivity index is 0.991. The summed E-state index contributed by atoms with van der Waals surface area (Å²) in [5, 5.41) is 12.4. The van der Waals surface area contributed by atoms with Gasteiger partial charge in [0.15, 0.2) is 5.82 Å². The number of thiophene rings is 1. The highest BCUT2D eigenvalue weighted by molar-refractivity contribution is 7.26. The van der Waals surface area contributed by atoms with Gasteiger partial charge in [0.2, 0.25) is 0 Å². The number of rotatable bonds is 4. The lowest BCUT2D eigenvalue weighted by Crippen LogP contribution is -1.99. The number of nitrogens with zero attached hydrogens (tertiary/aromatic N) is 4. The largest absolute Gasteiger partial charge is 0.247 e. The molecule has 52 heavy (non-hydrogen) atoms. The van der Waals surface area contributed by atoms with E-state index in [0.717, 1.165) is 67.0 Å². The van der Waals surface area contributed by atoms with E-state index in [4.69, 9.17) is 15.1 Å². The predicted molar refractivity (Wildman–Crippen MR) is 218 cm³/mol. The molecule has 0 atom stereocenters. The summed E-state index contributed by atoms with van der Waals surface area (Å²) in [5.74, 6) is 0.819. The van der Waals surface area contributed by atoms with Gasteiger partial charge < -0.3 is 0 Å². The molecule has 4 aromatic heterocycles. The van der Waals surface area contributed by atoms with Crippen LogP contribution in [-0.4, -0.2) is 19.6 Å². The summed E-state index contributed by atoms with van der Waals surface area (Å²) in [6.07, 6.45) is 0. The van der Waals surface area contributed by atoms with Crippen LogP contribution in [0, 0.1) is 0 Å². The van der Waals surface area contributed by atoms with Crippen LogP contribution in [0.4, 0.5) is 0 Å². The smallest absolute Gasteiger partial charge is 0.161 e. The molecular formula is C47H28N4S. The predicted octanol–water partition coefficient (Wildman–Crippen LogP) is 12.6. The van der Waals surface area contributed by atoms with Crippen molar-refractivity contribution in [3.8, 4) is 45.0 Å². The minimum absolute atomic E-state index is 0.819. The molecule has 0 bridgehead atoms. The second-order valence-corrected chi connectivity index (χ2v) is 14.3. The first-order chi connectivity index (χ1) is 25.8. The van der Waals surface area contributed by atoms with E-state index >= 15 is 0 Å². The summed E-state index contributed by atoms with van der Waals surface area (Å²) in [4.78, 5) is 10.3. The van der Waals surface area contributed by atoms with Crippen LogP contribution < -0.4 is 0 Å². The van der Waals surface area contributed by atoms with E-state index in [0.29, 0.717) is 0 Å². The van der Waals surface area contributed by atoms with Crippen LogP contribution in [0.25, 0.3) is 103 Å². The summed E-state index contributed by atoms with van der Waals surface area (Å²) in [5.41, 5.74) is 10.4. The number of fused-ring (bicyclic) bond motifs is 10. The number of pyridine rings is 1. The highest BCUT2D eigenvalue weighted by Gasteiger charge is 2.17. The fraction of sp³-hybridized carbons (Fsp3) is 0. The van der Waals surface area contributed by atoms with Crippen molar-refractivity contribution in [1.29, 1.82) is 0 Å². The van der Waals surface area contributed by atoms with Gasteiger partial charge in [-0.15, -0.1) is 11.3 Å². The van der Waals surface area contributed by atoms with E-state index in [-0.39, 0.29) is 0 Å². The molecule has 4 heterocycles. The lowest BCUT2D eigenvalue weighted by molar-refractivity contribution is 0.949. The summed E-state index contributed by atoms with van der Waals surface area (Å²) in [7, 11) is 0. The fourth-order valence-electron chi connectivity index (χ4n) is 7.69. The number of aromatic nitrogens is 4. The average molecular weight is 681 g/mol. The average Bonchev–Trinajstić information content (AvgIpc) is 3.84. The molecule has 0 aliphatic rings. The van der Waals surface area contributed by atoms with Crippen molar-refractivity contribution in [1.82, 2.24) is 19.6 Å². The molecule has 0 N–H and O–H groups in total. The molecule has 0 fully saturated rings. The van der Waals surface area contributed by atoms with E-state index in [2.05, 4.69) is 146 Å². The zero-order chi connectivity index (χ0) is 34.2. The van der Waals surface area contributed by atoms with Gasteiger partial charge >= 0.3 is 0 Å². The fourth-order valence-corrected chi connectivity index (χ4v) is 8.95. The SMILES string of the molecule is c1ccc(-c2cc3c4ccccc4nc(-c4ccc(-c5ccc(-c6nc7ccccc7c7c6ccc6c8ccccc8sc67)cc5)cc4)n3n2)cc1. The Labute approximate surface area is 302 Å². The Hall–Kier alpha value is -6.69. The summed E-state index contributed by atoms with van der Waals surface area (Å²) < 4.78 is 4.62. The Morgan fingerprint density at radius 3 is 1.79 bits per heavy atom. The maximum atomic E-state index is 5.24. The van der Waals surface area contributed by atoms with E-state index in [1.807, 2.05) is 40.1 Å². The minimum atomic E-state index is 0.819. The quantitative estimate of drug-likeness (QED) is 0.174. The van der Waals surface area contributed by atoms with Crippen LogP contribution in [0.5, 0.6) is 0 Å². The lowest BCUT2D eigenvalue weighted by Gasteiger charge is -2.12. The molecule has 0 unspecified atom stereocenters. The topological polar surface area (TPSA) is 43.1 Å². The highest BCUT2D eigenvalue weighted by atomic mass is 32.1. The first-order valence-corrected chi connectivity index (χ1v) is 18.3. The first-order valence-electron chi connectivity index (χ1n) is 17.4. The third-order valence-electron chi connectivity index (χ3n) is 10.2. The number of hydrogen-bond acceptors (Lipinski definition) is 4. The third kappa shape index (κ3) is 4.50. The van der Waals surface area contributed by atoms with Crippen molar-refractivity contribution in [3.63, 3.8) is 0 Å². The first kappa shape index (κ1) is 29.1. The molecule has 0 saturated heterocycles. The molecule has 0 spiro atoms. The van der Waals surface area contributed by atoms with Crippen molar-refractivity contribution in [2.24, 2.45) is 0 Å². The molecule has 0 amide bonds. The van der Waals surface area contributed by atoms with Gasteiger partial charge in [-0.05, 0) is 35.4 Å². The van der Waals surface area contributed by atoms with Crippen molar-refractivity contribution < 1.29 is 0 Å². The van der Waals surface area contributed by atoms with Crippen LogP contribution in [-0.2, 0) is 0 Å². The van der Waals surface area contributed by atoms with Crippen molar-refractivity contribution >= 4 is 69.6 Å². The monoisotopic (exact) mass is 680 g/mol. The number of para-hydroxylation sites is 2. The van der Waals surface area contributed by atoms with Crippen LogP contribution >= 0.6 is 11.3 Å². The van der Waals surface area contributed by atoms with Gasteiger partial charge in [0.05, 0.1) is 27.9 Å². The van der Waals surface area contributed by atoms with E-state index in [1.54, 1.807) is 0 Å². The van der Waals surface area contributed by atoms with Crippen LogP contribution in [0.1, 0.15) is 0 Å². The van der Waals surface area contributed by atoms with Crippen LogP contribution in [0.2, 0.25) is 0 Å². The summed E-state index contributed by atoms with van der Waals surface area (Å²) >= 11 is 1.87. The van der Waals surface area contributed by atoms with Gasteiger partial charge in [-0.25, -0.2) is 14.5 Å². The van der Waals surface area contributed by atoms with E-state index in [1.165, 1.54) is 36.3 Å². The lowest BCUT2D eigenvalue weighted by atomic mass is 9.96. The standard InChI is InChI=1S/C47H28N4S/c1-2-10-31(11-3-1)41-28-42-36-13-4-7-15-39(36)49-47(51(42)50-41)33-24-20-30(21-25-33)29-18-22-32(23-19-29)45-38-27-26-35-34-12-6-9-17-43(34)52-46(35)44(38)37-14-5-8-16-40(37)48-45/h1-28H. The Bertz CT molecular complexity index is 3160. The zero-order valence-corrected chi connectivity index (χ0v) is 28.7. The Morgan fingerprint density at radius 2 is 1.02 bits per heavy atom. The molecule has 242 valence electrons. The Kier molecular flexibility index (Phi) is 6.39. The van der Waals surface area contributed by atoms with Gasteiger partial charge in [0, 0.05) is 58.4 Å². The summed E-state index contributed by atoms with van der Waals surface area (Å²) in [6, 6.07) is 60.0. The maximum Gasteiger partial charge on any atom is 0.161 e. The van der Waals surface area contributed by atoms with E-state index < -0.39 is 0 Å². The van der Waals surface area contributed by atoms with Crippen LogP contribution in [0.3, 0.4) is 0 Å². The molecule has 11 aromatic rings. The number of hydrogen-bond donors (Lipinski definition) is 0. The van der Waals surface area contributed by atoms with Crippen molar-refractivity contribution in [2.45, 2.75) is 0 Å². The van der Waals surface area contributed by atoms with Gasteiger partial charge in [-0.3, -0.25) is 0 Å². The maximum absolute atomic E-state index is 5.24. The molecule has 4 nitrogen and oxygen atoms in total. The number of benzene rings is 7. The Morgan fingerprint density at radius 1 is 0.423 bits per heavy atom. The van der Waals surface area contributed by atoms with Gasteiger partial charge in [0.25, 0.3) is 0 Å². The molecule has 0 aliphatic carbocycles. The molecule has 7 aromatic carbocycles. The van der Waals surface area contributed by atoms with Crippen molar-refractivity contribution in [3.05, 3.63) is 170 Å². The molecule has 0 saturated carbocycles. The molecular weight excluding hydrogens is 653 g/mol. The van der Waals surface area contributed by atoms with Gasteiger partial charge in [0.1, 0.15) is 0 Å². The molecule has 5 heteroatoms. The normalized spacial score (nSPS) is 11.8. The minimum Gasteiger partial charge on any atom is -0.247 e. The highest BCUT2D eigenvalue weighted by Crippen LogP contribution is 2.43. The zero-order valence-electron chi connectivity index (χ0n) is 27.9. The van der Waals surface area contributed by atoms with Gasteiger partial charge in [-0.2, -0.15) is 5.10 Å². The second kappa shape index (κ2) is 11.4. The van der Waals surface area contributed by atoms with Crippen molar-refractivity contribution in [2.75, 3.05) is 0 Å². The molecule has 11 rings (SSSR count). The molecule has 0 radical (unpaired) electrons. The second-order valence-electron chi connectivity index (χ2n) is 13.2. The van der Waals surface area contributed by atoms with E-state index in [9.17, 15) is 0 Å².